The van der Waals surface area contributed by atoms with Crippen LogP contribution in [-0.4, -0.2) is 33.5 Å². The van der Waals surface area contributed by atoms with E-state index in [1.807, 2.05) is 12.3 Å². The largest absolute Gasteiger partial charge is 0.481 e. The van der Waals surface area contributed by atoms with E-state index in [2.05, 4.69) is 10.3 Å². The molecule has 94 valence electrons. The smallest absolute Gasteiger partial charge is 0.313 e. The van der Waals surface area contributed by atoms with Crippen LogP contribution in [0.15, 0.2) is 5.38 Å². The van der Waals surface area contributed by atoms with E-state index in [9.17, 15) is 9.59 Å². The van der Waals surface area contributed by atoms with E-state index in [0.29, 0.717) is 6.54 Å². The lowest BCUT2D eigenvalue weighted by Gasteiger charge is -2.01. The second kappa shape index (κ2) is 7.29. The van der Waals surface area contributed by atoms with Crippen molar-refractivity contribution in [3.8, 4) is 0 Å². The lowest BCUT2D eigenvalue weighted by Crippen LogP contribution is -2.25. The monoisotopic (exact) mass is 274 g/mol. The van der Waals surface area contributed by atoms with Crippen LogP contribution in [0.2, 0.25) is 0 Å². The first-order chi connectivity index (χ1) is 8.11. The molecule has 0 aliphatic heterocycles. The van der Waals surface area contributed by atoms with Crippen molar-refractivity contribution in [1.82, 2.24) is 10.3 Å². The zero-order chi connectivity index (χ0) is 12.7. The molecule has 0 saturated carbocycles. The maximum atomic E-state index is 11.3. The summed E-state index contributed by atoms with van der Waals surface area (Å²) in [5.74, 6) is -0.960. The van der Waals surface area contributed by atoms with E-state index < -0.39 is 5.97 Å². The summed E-state index contributed by atoms with van der Waals surface area (Å²) in [7, 11) is 0. The van der Waals surface area contributed by atoms with E-state index in [4.69, 9.17) is 5.11 Å². The molecule has 0 saturated heterocycles. The minimum Gasteiger partial charge on any atom is -0.481 e. The average Bonchev–Trinajstić information content (AvgIpc) is 2.73. The molecule has 0 aliphatic rings. The van der Waals surface area contributed by atoms with Gasteiger partial charge in [-0.2, -0.15) is 0 Å². The van der Waals surface area contributed by atoms with Crippen LogP contribution < -0.4 is 5.32 Å². The molecule has 0 spiro atoms. The lowest BCUT2D eigenvalue weighted by molar-refractivity contribution is -0.133. The first-order valence-electron chi connectivity index (χ1n) is 5.11. The summed E-state index contributed by atoms with van der Waals surface area (Å²) in [6.45, 7) is 2.44. The van der Waals surface area contributed by atoms with Crippen molar-refractivity contribution in [3.63, 3.8) is 0 Å². The Labute approximate surface area is 108 Å². The van der Waals surface area contributed by atoms with Crippen molar-refractivity contribution in [3.05, 3.63) is 16.1 Å². The minimum absolute atomic E-state index is 0.0515. The second-order valence-corrected chi connectivity index (χ2v) is 5.18. The molecule has 0 unspecified atom stereocenters. The number of nitrogens with one attached hydrogen (secondary N) is 1. The van der Waals surface area contributed by atoms with E-state index >= 15 is 0 Å². The number of nitrogens with zero attached hydrogens (tertiary/aromatic N) is 1. The number of thioether (sulfide) groups is 1. The molecule has 17 heavy (non-hydrogen) atoms. The molecular weight excluding hydrogens is 260 g/mol. The van der Waals surface area contributed by atoms with Crippen LogP contribution in [-0.2, 0) is 22.6 Å². The fourth-order valence-corrected chi connectivity index (χ4v) is 2.37. The molecule has 0 fully saturated rings. The number of carbonyl (C=O) groups is 2. The van der Waals surface area contributed by atoms with Crippen molar-refractivity contribution in [1.29, 1.82) is 0 Å². The molecule has 0 aliphatic carbocycles. The summed E-state index contributed by atoms with van der Waals surface area (Å²) in [6.07, 6.45) is 0.896. The van der Waals surface area contributed by atoms with Crippen molar-refractivity contribution in [2.45, 2.75) is 19.9 Å². The highest BCUT2D eigenvalue weighted by Crippen LogP contribution is 2.09. The minimum atomic E-state index is -0.908. The molecule has 1 aromatic rings. The molecule has 1 heterocycles. The number of aliphatic carboxylic acids is 1. The Morgan fingerprint density at radius 2 is 2.29 bits per heavy atom. The Kier molecular flexibility index (Phi) is 5.99. The Morgan fingerprint density at radius 1 is 1.53 bits per heavy atom. The number of aryl methyl sites for hydroxylation is 1. The van der Waals surface area contributed by atoms with Crippen LogP contribution in [0.3, 0.4) is 0 Å². The van der Waals surface area contributed by atoms with E-state index in [1.54, 1.807) is 11.3 Å². The quantitative estimate of drug-likeness (QED) is 0.779. The van der Waals surface area contributed by atoms with Gasteiger partial charge in [0.2, 0.25) is 5.91 Å². The summed E-state index contributed by atoms with van der Waals surface area (Å²) >= 11 is 2.66. The van der Waals surface area contributed by atoms with Gasteiger partial charge in [0, 0.05) is 5.38 Å². The fraction of sp³-hybridized carbons (Fsp3) is 0.500. The molecule has 0 radical (unpaired) electrons. The molecular formula is C10H14N2O3S2. The number of hydrogen-bond acceptors (Lipinski definition) is 5. The van der Waals surface area contributed by atoms with Crippen LogP contribution in [0, 0.1) is 0 Å². The fourth-order valence-electron chi connectivity index (χ4n) is 1.06. The van der Waals surface area contributed by atoms with Gasteiger partial charge in [-0.15, -0.1) is 23.1 Å². The first-order valence-corrected chi connectivity index (χ1v) is 7.14. The number of carboxylic acids is 1. The summed E-state index contributed by atoms with van der Waals surface area (Å²) in [5.41, 5.74) is 0.850. The molecule has 0 aromatic carbocycles. The number of carboxylic acid groups (broad SMARTS) is 1. The van der Waals surface area contributed by atoms with Crippen LogP contribution in [0.5, 0.6) is 0 Å². The second-order valence-electron chi connectivity index (χ2n) is 3.25. The molecule has 1 amide bonds. The van der Waals surface area contributed by atoms with E-state index in [-0.39, 0.29) is 17.4 Å². The van der Waals surface area contributed by atoms with E-state index in [0.717, 1.165) is 28.9 Å². The Hall–Kier alpha value is -1.08. The van der Waals surface area contributed by atoms with Gasteiger partial charge in [0.05, 0.1) is 28.8 Å². The van der Waals surface area contributed by atoms with Crippen LogP contribution in [0.1, 0.15) is 17.6 Å². The number of amides is 1. The van der Waals surface area contributed by atoms with Crippen molar-refractivity contribution in [2.75, 3.05) is 11.5 Å². The third-order valence-corrected chi connectivity index (χ3v) is 3.79. The van der Waals surface area contributed by atoms with Gasteiger partial charge < -0.3 is 10.4 Å². The predicted molar refractivity (Wildman–Crippen MR) is 68.3 cm³/mol. The normalized spacial score (nSPS) is 10.2. The molecule has 1 aromatic heterocycles. The summed E-state index contributed by atoms with van der Waals surface area (Å²) < 4.78 is 0. The van der Waals surface area contributed by atoms with Crippen LogP contribution in [0.4, 0.5) is 0 Å². The number of rotatable bonds is 7. The molecule has 0 bridgehead atoms. The Balaban J connectivity index is 2.21. The SMILES string of the molecule is CCc1nc(CNC(=O)CSCC(=O)O)cs1. The van der Waals surface area contributed by atoms with Gasteiger partial charge in [-0.1, -0.05) is 6.92 Å². The van der Waals surface area contributed by atoms with Gasteiger partial charge in [0.15, 0.2) is 0 Å². The Morgan fingerprint density at radius 3 is 2.88 bits per heavy atom. The number of carbonyl (C=O) groups excluding carboxylic acids is 1. The number of hydrogen-bond donors (Lipinski definition) is 2. The van der Waals surface area contributed by atoms with Crippen LogP contribution >= 0.6 is 23.1 Å². The van der Waals surface area contributed by atoms with Gasteiger partial charge in [-0.3, -0.25) is 9.59 Å². The highest BCUT2D eigenvalue weighted by Gasteiger charge is 2.05. The highest BCUT2D eigenvalue weighted by atomic mass is 32.2. The van der Waals surface area contributed by atoms with Gasteiger partial charge >= 0.3 is 5.97 Å². The Bertz CT molecular complexity index is 393. The predicted octanol–water partition coefficient (Wildman–Crippen LogP) is 1.14. The van der Waals surface area contributed by atoms with Gasteiger partial charge in [-0.25, -0.2) is 4.98 Å². The van der Waals surface area contributed by atoms with Crippen molar-refractivity contribution < 1.29 is 14.7 Å². The summed E-state index contributed by atoms with van der Waals surface area (Å²) in [4.78, 5) is 25.9. The molecule has 5 nitrogen and oxygen atoms in total. The van der Waals surface area contributed by atoms with Gasteiger partial charge in [0.25, 0.3) is 0 Å². The van der Waals surface area contributed by atoms with Crippen LogP contribution in [0.25, 0.3) is 0 Å². The first kappa shape index (κ1) is 14.0. The van der Waals surface area contributed by atoms with E-state index in [1.165, 1.54) is 0 Å². The average molecular weight is 274 g/mol. The molecule has 1 rings (SSSR count). The summed E-state index contributed by atoms with van der Waals surface area (Å²) in [6, 6.07) is 0. The molecule has 0 atom stereocenters. The standard InChI is InChI=1S/C10H14N2O3S2/c1-2-9-12-7(4-17-9)3-11-8(13)5-16-6-10(14)15/h4H,2-3,5-6H2,1H3,(H,11,13)(H,14,15). The zero-order valence-corrected chi connectivity index (χ0v) is 11.1. The highest BCUT2D eigenvalue weighted by molar-refractivity contribution is 8.00. The van der Waals surface area contributed by atoms with Gasteiger partial charge in [-0.05, 0) is 6.42 Å². The van der Waals surface area contributed by atoms with Crippen molar-refractivity contribution in [2.24, 2.45) is 0 Å². The zero-order valence-electron chi connectivity index (χ0n) is 9.43. The third-order valence-electron chi connectivity index (χ3n) is 1.83. The lowest BCUT2D eigenvalue weighted by atomic mass is 10.4. The van der Waals surface area contributed by atoms with Crippen molar-refractivity contribution >= 4 is 35.0 Å². The maximum absolute atomic E-state index is 11.3. The summed E-state index contributed by atoms with van der Waals surface area (Å²) in [5, 5.41) is 14.1. The van der Waals surface area contributed by atoms with Gasteiger partial charge in [0.1, 0.15) is 0 Å². The third kappa shape index (κ3) is 5.69. The molecule has 7 heteroatoms. The number of aromatic nitrogens is 1. The maximum Gasteiger partial charge on any atom is 0.313 e. The number of thiazole rings is 1. The molecule has 2 N–H and O–H groups in total. The topological polar surface area (TPSA) is 79.3 Å².